The third-order valence-corrected chi connectivity index (χ3v) is 4.91. The fourth-order valence-electron chi connectivity index (χ4n) is 3.04. The van der Waals surface area contributed by atoms with Gasteiger partial charge in [-0.05, 0) is 31.4 Å². The Morgan fingerprint density at radius 2 is 1.97 bits per heavy atom. The first-order valence-corrected chi connectivity index (χ1v) is 10.6. The monoisotopic (exact) mass is 424 g/mol. The number of ether oxygens (including phenoxy) is 3. The van der Waals surface area contributed by atoms with E-state index in [1.165, 1.54) is 11.8 Å². The molecule has 2 heterocycles. The predicted octanol–water partition coefficient (Wildman–Crippen LogP) is 3.71. The lowest BCUT2D eigenvalue weighted by Gasteiger charge is -2.21. The number of fused-ring (bicyclic) bond motifs is 3. The second-order valence-corrected chi connectivity index (χ2v) is 7.04. The van der Waals surface area contributed by atoms with E-state index in [9.17, 15) is 4.79 Å². The Kier molecular flexibility index (Phi) is 5.99. The molecule has 2 aromatic carbocycles. The van der Waals surface area contributed by atoms with E-state index in [2.05, 4.69) is 20.5 Å². The summed E-state index contributed by atoms with van der Waals surface area (Å²) < 4.78 is 16.9. The van der Waals surface area contributed by atoms with Crippen molar-refractivity contribution in [1.82, 2.24) is 15.2 Å². The fourth-order valence-corrected chi connectivity index (χ4v) is 3.34. The number of carbonyl (C=O) groups is 1. The first-order valence-electron chi connectivity index (χ1n) is 9.38. The van der Waals surface area contributed by atoms with Gasteiger partial charge in [0.2, 0.25) is 17.3 Å². The van der Waals surface area contributed by atoms with Crippen molar-refractivity contribution >= 4 is 23.4 Å². The highest BCUT2D eigenvalue weighted by Crippen LogP contribution is 2.40. The molecule has 0 amide bonds. The topological polar surface area (TPSA) is 95.5 Å². The van der Waals surface area contributed by atoms with Gasteiger partial charge in [-0.1, -0.05) is 42.1 Å². The second kappa shape index (κ2) is 9.00. The van der Waals surface area contributed by atoms with Gasteiger partial charge >= 0.3 is 5.97 Å². The van der Waals surface area contributed by atoms with Crippen molar-refractivity contribution < 1.29 is 19.0 Å². The van der Waals surface area contributed by atoms with Crippen LogP contribution in [-0.2, 0) is 9.53 Å². The predicted molar refractivity (Wildman–Crippen MR) is 113 cm³/mol. The number of nitrogens with one attached hydrogen (secondary N) is 1. The van der Waals surface area contributed by atoms with Crippen molar-refractivity contribution in [3.63, 3.8) is 0 Å². The molecule has 0 aliphatic carbocycles. The molecule has 4 rings (SSSR count). The van der Waals surface area contributed by atoms with Gasteiger partial charge in [0.1, 0.15) is 5.75 Å². The number of aromatic nitrogens is 3. The van der Waals surface area contributed by atoms with Crippen LogP contribution in [0.4, 0.5) is 5.69 Å². The van der Waals surface area contributed by atoms with Gasteiger partial charge in [-0.15, -0.1) is 10.2 Å². The third-order valence-electron chi connectivity index (χ3n) is 4.37. The number of anilines is 1. The summed E-state index contributed by atoms with van der Waals surface area (Å²) in [5.41, 5.74) is 2.94. The van der Waals surface area contributed by atoms with Crippen molar-refractivity contribution in [2.45, 2.75) is 18.3 Å². The number of benzene rings is 2. The van der Waals surface area contributed by atoms with Crippen LogP contribution in [-0.4, -0.2) is 40.6 Å². The van der Waals surface area contributed by atoms with E-state index in [-0.39, 0.29) is 6.61 Å². The largest absolute Gasteiger partial charge is 0.481 e. The summed E-state index contributed by atoms with van der Waals surface area (Å²) in [4.78, 5) is 16.2. The number of esters is 1. The van der Waals surface area contributed by atoms with E-state index >= 15 is 0 Å². The van der Waals surface area contributed by atoms with Gasteiger partial charge in [-0.25, -0.2) is 4.79 Å². The lowest BCUT2D eigenvalue weighted by molar-refractivity contribution is -0.145. The number of para-hydroxylation sites is 2. The normalized spacial score (nSPS) is 14.4. The highest BCUT2D eigenvalue weighted by molar-refractivity contribution is 7.98. The van der Waals surface area contributed by atoms with Gasteiger partial charge in [-0.3, -0.25) is 0 Å². The van der Waals surface area contributed by atoms with E-state index < -0.39 is 12.2 Å². The number of rotatable bonds is 6. The summed E-state index contributed by atoms with van der Waals surface area (Å²) in [6.45, 7) is 1.86. The molecule has 0 fully saturated rings. The quantitative estimate of drug-likeness (QED) is 0.469. The van der Waals surface area contributed by atoms with Gasteiger partial charge < -0.3 is 19.5 Å². The van der Waals surface area contributed by atoms with Gasteiger partial charge in [0.15, 0.2) is 12.3 Å². The summed E-state index contributed by atoms with van der Waals surface area (Å²) in [6.07, 6.45) is 1.26. The second-order valence-electron chi connectivity index (χ2n) is 6.27. The molecule has 1 atom stereocenters. The van der Waals surface area contributed by atoms with Crippen molar-refractivity contribution in [3.8, 4) is 22.9 Å². The first-order chi connectivity index (χ1) is 14.7. The Balaban J connectivity index is 1.71. The lowest BCUT2D eigenvalue weighted by Crippen LogP contribution is -2.20. The molecule has 1 aromatic heterocycles. The molecule has 0 unspecified atom stereocenters. The van der Waals surface area contributed by atoms with Crippen LogP contribution in [0.3, 0.4) is 0 Å². The third kappa shape index (κ3) is 4.16. The number of nitrogens with zero attached hydrogens (tertiary/aromatic N) is 3. The molecule has 9 heteroatoms. The van der Waals surface area contributed by atoms with Gasteiger partial charge in [0, 0.05) is 11.3 Å². The Labute approximate surface area is 178 Å². The summed E-state index contributed by atoms with van der Waals surface area (Å²) in [5, 5.41) is 12.4. The molecule has 0 bridgehead atoms. The minimum atomic E-state index is -0.614. The number of thioether (sulfide) groups is 1. The molecule has 0 radical (unpaired) electrons. The minimum Gasteiger partial charge on any atom is -0.481 e. The molecule has 1 aliphatic rings. The van der Waals surface area contributed by atoms with Crippen LogP contribution in [0.2, 0.25) is 0 Å². The first kappa shape index (κ1) is 20.0. The lowest BCUT2D eigenvalue weighted by atomic mass is 10.1. The maximum atomic E-state index is 11.7. The highest BCUT2D eigenvalue weighted by Gasteiger charge is 2.27. The average Bonchev–Trinajstić information content (AvgIpc) is 2.94. The summed E-state index contributed by atoms with van der Waals surface area (Å²) in [7, 11) is 0. The number of hydrogen-bond donors (Lipinski definition) is 1. The Hall–Kier alpha value is -3.33. The molecule has 8 nitrogen and oxygen atoms in total. The molecule has 1 N–H and O–H groups in total. The van der Waals surface area contributed by atoms with Gasteiger partial charge in [0.25, 0.3) is 0 Å². The van der Waals surface area contributed by atoms with Crippen LogP contribution in [0.5, 0.6) is 11.6 Å². The van der Waals surface area contributed by atoms with Crippen LogP contribution in [0.25, 0.3) is 11.3 Å². The maximum absolute atomic E-state index is 11.7. The fraction of sp³-hybridized carbons (Fsp3) is 0.238. The number of hydrogen-bond acceptors (Lipinski definition) is 9. The summed E-state index contributed by atoms with van der Waals surface area (Å²) >= 11 is 1.38. The molecule has 0 spiro atoms. The van der Waals surface area contributed by atoms with Crippen LogP contribution < -0.4 is 14.8 Å². The molecule has 0 saturated carbocycles. The molecule has 154 valence electrons. The van der Waals surface area contributed by atoms with E-state index in [0.717, 1.165) is 11.3 Å². The number of carbonyl (C=O) groups excluding carboxylic acids is 1. The standard InChI is InChI=1S/C21H20N4O4S/c1-3-27-17(26)12-28-16-11-7-5-9-14(16)19-22-15-10-6-4-8-13(15)18-20(29-19)23-21(30-2)25-24-18/h4-11,19,22H,3,12H2,1-2H3/t19-/m1/s1. The zero-order chi connectivity index (χ0) is 20.9. The zero-order valence-corrected chi connectivity index (χ0v) is 17.3. The van der Waals surface area contributed by atoms with Crippen LogP contribution in [0.1, 0.15) is 18.7 Å². The minimum absolute atomic E-state index is 0.189. The zero-order valence-electron chi connectivity index (χ0n) is 16.5. The van der Waals surface area contributed by atoms with Crippen molar-refractivity contribution in [2.75, 3.05) is 24.8 Å². The molecule has 3 aromatic rings. The van der Waals surface area contributed by atoms with Crippen LogP contribution >= 0.6 is 11.8 Å². The van der Waals surface area contributed by atoms with E-state index in [4.69, 9.17) is 14.2 Å². The van der Waals surface area contributed by atoms with Crippen molar-refractivity contribution in [1.29, 1.82) is 0 Å². The van der Waals surface area contributed by atoms with Crippen LogP contribution in [0.15, 0.2) is 53.7 Å². The van der Waals surface area contributed by atoms with Crippen molar-refractivity contribution in [2.24, 2.45) is 0 Å². The maximum Gasteiger partial charge on any atom is 0.344 e. The highest BCUT2D eigenvalue weighted by atomic mass is 32.2. The smallest absolute Gasteiger partial charge is 0.344 e. The molecule has 0 saturated heterocycles. The Morgan fingerprint density at radius 3 is 2.80 bits per heavy atom. The van der Waals surface area contributed by atoms with E-state index in [1.807, 2.05) is 48.7 Å². The SMILES string of the molecule is CCOC(=O)COc1ccccc1[C@@H]1Nc2ccccc2-c2nnc(SC)nc2O1. The summed E-state index contributed by atoms with van der Waals surface area (Å²) in [6, 6.07) is 15.1. The van der Waals surface area contributed by atoms with Crippen molar-refractivity contribution in [3.05, 3.63) is 54.1 Å². The Morgan fingerprint density at radius 1 is 1.17 bits per heavy atom. The van der Waals surface area contributed by atoms with E-state index in [1.54, 1.807) is 13.0 Å². The molecular weight excluding hydrogens is 404 g/mol. The van der Waals surface area contributed by atoms with Gasteiger partial charge in [-0.2, -0.15) is 4.98 Å². The van der Waals surface area contributed by atoms with E-state index in [0.29, 0.717) is 34.7 Å². The molecular formula is C21H20N4O4S. The van der Waals surface area contributed by atoms with Gasteiger partial charge in [0.05, 0.1) is 12.2 Å². The molecule has 30 heavy (non-hydrogen) atoms. The Bertz CT molecular complexity index is 1060. The average molecular weight is 424 g/mol. The summed E-state index contributed by atoms with van der Waals surface area (Å²) in [5.74, 6) is 0.451. The van der Waals surface area contributed by atoms with Crippen LogP contribution in [0, 0.1) is 0 Å². The molecule has 1 aliphatic heterocycles.